The molecule has 2 rings (SSSR count). The summed E-state index contributed by atoms with van der Waals surface area (Å²) >= 11 is 6.06. The van der Waals surface area contributed by atoms with Crippen LogP contribution in [0, 0.1) is 6.92 Å². The van der Waals surface area contributed by atoms with Crippen LogP contribution in [0.4, 0.5) is 5.69 Å². The van der Waals surface area contributed by atoms with Crippen molar-refractivity contribution < 1.29 is 14.6 Å². The number of aromatic hydroxyl groups is 1. The Bertz CT molecular complexity index is 683. The molecule has 0 bridgehead atoms. The van der Waals surface area contributed by atoms with Crippen LogP contribution in [0.1, 0.15) is 11.1 Å². The Morgan fingerprint density at radius 2 is 1.90 bits per heavy atom. The third-order valence-corrected chi connectivity index (χ3v) is 3.44. The lowest BCUT2D eigenvalue weighted by Crippen LogP contribution is -1.89. The predicted molar refractivity (Wildman–Crippen MR) is 84.7 cm³/mol. The van der Waals surface area contributed by atoms with Gasteiger partial charge in [-0.15, -0.1) is 0 Å². The minimum atomic E-state index is 0.129. The molecule has 0 aromatic heterocycles. The van der Waals surface area contributed by atoms with Crippen molar-refractivity contribution in [1.82, 2.24) is 0 Å². The summed E-state index contributed by atoms with van der Waals surface area (Å²) < 4.78 is 10.4. The van der Waals surface area contributed by atoms with E-state index in [0.717, 1.165) is 5.56 Å². The van der Waals surface area contributed by atoms with Crippen molar-refractivity contribution in [2.75, 3.05) is 14.2 Å². The molecule has 4 nitrogen and oxygen atoms in total. The Hall–Kier alpha value is -2.20. The van der Waals surface area contributed by atoms with E-state index in [1.165, 1.54) is 0 Å². The van der Waals surface area contributed by atoms with Gasteiger partial charge in [-0.1, -0.05) is 11.6 Å². The number of halogens is 1. The first-order valence-corrected chi connectivity index (χ1v) is 6.68. The molecule has 0 aliphatic carbocycles. The van der Waals surface area contributed by atoms with E-state index in [9.17, 15) is 5.11 Å². The number of aliphatic imine (C=N–C) groups is 1. The van der Waals surface area contributed by atoms with Crippen LogP contribution in [0.25, 0.3) is 0 Å². The van der Waals surface area contributed by atoms with Gasteiger partial charge in [0.2, 0.25) is 0 Å². The molecule has 110 valence electrons. The second-order valence-corrected chi connectivity index (χ2v) is 4.86. The molecule has 0 unspecified atom stereocenters. The van der Waals surface area contributed by atoms with Crippen LogP contribution in [0.15, 0.2) is 35.3 Å². The fourth-order valence-corrected chi connectivity index (χ4v) is 1.97. The number of hydrogen-bond acceptors (Lipinski definition) is 4. The van der Waals surface area contributed by atoms with Crippen LogP contribution < -0.4 is 9.47 Å². The van der Waals surface area contributed by atoms with Gasteiger partial charge in [0.05, 0.1) is 14.2 Å². The minimum absolute atomic E-state index is 0.129. The van der Waals surface area contributed by atoms with Gasteiger partial charge in [0, 0.05) is 22.9 Å². The van der Waals surface area contributed by atoms with E-state index >= 15 is 0 Å². The number of methoxy groups -OCH3 is 2. The van der Waals surface area contributed by atoms with Crippen molar-refractivity contribution in [2.45, 2.75) is 6.92 Å². The molecule has 0 saturated carbocycles. The Morgan fingerprint density at radius 1 is 1.14 bits per heavy atom. The maximum atomic E-state index is 9.83. The van der Waals surface area contributed by atoms with Gasteiger partial charge in [-0.3, -0.25) is 4.99 Å². The van der Waals surface area contributed by atoms with E-state index in [0.29, 0.717) is 27.8 Å². The summed E-state index contributed by atoms with van der Waals surface area (Å²) in [6.07, 6.45) is 1.56. The van der Waals surface area contributed by atoms with E-state index in [4.69, 9.17) is 21.1 Å². The van der Waals surface area contributed by atoms with Gasteiger partial charge in [0.25, 0.3) is 0 Å². The number of hydrogen-bond donors (Lipinski definition) is 1. The number of benzene rings is 2. The van der Waals surface area contributed by atoms with Gasteiger partial charge in [-0.2, -0.15) is 0 Å². The molecule has 1 N–H and O–H groups in total. The Balaban J connectivity index is 2.39. The Morgan fingerprint density at radius 3 is 2.57 bits per heavy atom. The number of phenols is 1. The summed E-state index contributed by atoms with van der Waals surface area (Å²) in [5.74, 6) is 1.35. The van der Waals surface area contributed by atoms with Gasteiger partial charge in [0.15, 0.2) is 0 Å². The van der Waals surface area contributed by atoms with E-state index < -0.39 is 0 Å². The molecule has 0 radical (unpaired) electrons. The first kappa shape index (κ1) is 15.2. The van der Waals surface area contributed by atoms with Crippen molar-refractivity contribution in [3.63, 3.8) is 0 Å². The van der Waals surface area contributed by atoms with Crippen LogP contribution >= 0.6 is 11.6 Å². The van der Waals surface area contributed by atoms with Crippen molar-refractivity contribution in [3.05, 3.63) is 46.5 Å². The average molecular weight is 306 g/mol. The van der Waals surface area contributed by atoms with E-state index in [1.807, 2.05) is 13.0 Å². The summed E-state index contributed by atoms with van der Waals surface area (Å²) in [6.45, 7) is 1.89. The van der Waals surface area contributed by atoms with Gasteiger partial charge >= 0.3 is 0 Å². The lowest BCUT2D eigenvalue weighted by atomic mass is 10.2. The lowest BCUT2D eigenvalue weighted by Gasteiger charge is -2.07. The van der Waals surface area contributed by atoms with Crippen molar-refractivity contribution in [1.29, 1.82) is 0 Å². The van der Waals surface area contributed by atoms with E-state index in [2.05, 4.69) is 4.99 Å². The fraction of sp³-hybridized carbons (Fsp3) is 0.188. The van der Waals surface area contributed by atoms with Crippen molar-refractivity contribution in [3.8, 4) is 17.2 Å². The zero-order chi connectivity index (χ0) is 15.4. The second-order valence-electron chi connectivity index (χ2n) is 4.46. The standard InChI is InChI=1S/C16H16ClNO3/c1-10-6-14(16(21-3)8-13(10)17)18-9-11-7-12(20-2)4-5-15(11)19/h4-9,19H,1-3H3. The zero-order valence-corrected chi connectivity index (χ0v) is 12.8. The molecule has 21 heavy (non-hydrogen) atoms. The molecule has 0 aliphatic rings. The van der Waals surface area contributed by atoms with E-state index in [-0.39, 0.29) is 5.75 Å². The van der Waals surface area contributed by atoms with Crippen LogP contribution in [0.3, 0.4) is 0 Å². The maximum Gasteiger partial charge on any atom is 0.145 e. The van der Waals surface area contributed by atoms with Crippen LogP contribution in [0.5, 0.6) is 17.2 Å². The van der Waals surface area contributed by atoms with Gasteiger partial charge in [-0.05, 0) is 36.8 Å². The van der Waals surface area contributed by atoms with Crippen LogP contribution in [-0.4, -0.2) is 25.5 Å². The predicted octanol–water partition coefficient (Wildman–Crippen LogP) is 4.12. The van der Waals surface area contributed by atoms with Crippen LogP contribution in [0.2, 0.25) is 5.02 Å². The minimum Gasteiger partial charge on any atom is -0.507 e. The summed E-state index contributed by atoms with van der Waals surface area (Å²) in [6, 6.07) is 8.49. The number of aryl methyl sites for hydroxylation is 1. The zero-order valence-electron chi connectivity index (χ0n) is 12.1. The first-order valence-electron chi connectivity index (χ1n) is 6.30. The molecule has 0 aliphatic heterocycles. The summed E-state index contributed by atoms with van der Waals surface area (Å²) in [5, 5.41) is 10.5. The second kappa shape index (κ2) is 6.50. The normalized spacial score (nSPS) is 10.9. The number of nitrogens with zero attached hydrogens (tertiary/aromatic N) is 1. The number of rotatable bonds is 4. The Kier molecular flexibility index (Phi) is 4.70. The SMILES string of the molecule is COc1ccc(O)c(C=Nc2cc(C)c(Cl)cc2OC)c1. The van der Waals surface area contributed by atoms with Gasteiger partial charge in [-0.25, -0.2) is 0 Å². The third-order valence-electron chi connectivity index (χ3n) is 3.04. The molecular weight excluding hydrogens is 290 g/mol. The molecule has 5 heteroatoms. The highest BCUT2D eigenvalue weighted by atomic mass is 35.5. The largest absolute Gasteiger partial charge is 0.507 e. The van der Waals surface area contributed by atoms with Gasteiger partial charge in [0.1, 0.15) is 22.9 Å². The van der Waals surface area contributed by atoms with E-state index in [1.54, 1.807) is 44.7 Å². The third kappa shape index (κ3) is 3.47. The molecule has 0 amide bonds. The molecule has 0 fully saturated rings. The van der Waals surface area contributed by atoms with Crippen molar-refractivity contribution in [2.24, 2.45) is 4.99 Å². The lowest BCUT2D eigenvalue weighted by molar-refractivity contribution is 0.412. The summed E-state index contributed by atoms with van der Waals surface area (Å²) in [5.41, 5.74) is 2.10. The first-order chi connectivity index (χ1) is 10.0. The van der Waals surface area contributed by atoms with Gasteiger partial charge < -0.3 is 14.6 Å². The summed E-state index contributed by atoms with van der Waals surface area (Å²) in [4.78, 5) is 4.36. The smallest absolute Gasteiger partial charge is 0.145 e. The maximum absolute atomic E-state index is 9.83. The van der Waals surface area contributed by atoms with Crippen molar-refractivity contribution >= 4 is 23.5 Å². The molecule has 0 saturated heterocycles. The van der Waals surface area contributed by atoms with Crippen LogP contribution in [-0.2, 0) is 0 Å². The quantitative estimate of drug-likeness (QED) is 0.864. The molecular formula is C16H16ClNO3. The molecule has 2 aromatic rings. The number of phenolic OH excluding ortho intramolecular Hbond substituents is 1. The fourth-order valence-electron chi connectivity index (χ4n) is 1.81. The molecule has 0 spiro atoms. The molecule has 2 aromatic carbocycles. The average Bonchev–Trinajstić information content (AvgIpc) is 2.49. The highest BCUT2D eigenvalue weighted by Gasteiger charge is 2.06. The monoisotopic (exact) mass is 305 g/mol. The topological polar surface area (TPSA) is 51.0 Å². The molecule has 0 heterocycles. The number of ether oxygens (including phenoxy) is 2. The highest BCUT2D eigenvalue weighted by Crippen LogP contribution is 2.33. The highest BCUT2D eigenvalue weighted by molar-refractivity contribution is 6.31. The summed E-state index contributed by atoms with van der Waals surface area (Å²) in [7, 11) is 3.13. The Labute approximate surface area is 128 Å². The molecule has 0 atom stereocenters.